The first-order valence-electron chi connectivity index (χ1n) is 5.81. The molecule has 86 valence electrons. The van der Waals surface area contributed by atoms with Gasteiger partial charge in [0.05, 0.1) is 6.61 Å². The van der Waals surface area contributed by atoms with Crippen LogP contribution in [0.25, 0.3) is 0 Å². The smallest absolute Gasteiger partial charge is 0.122 e. The van der Waals surface area contributed by atoms with Crippen LogP contribution in [-0.2, 0) is 4.74 Å². The van der Waals surface area contributed by atoms with Crippen LogP contribution < -0.4 is 0 Å². The first-order valence-corrected chi connectivity index (χ1v) is 5.81. The molecule has 1 aliphatic rings. The lowest BCUT2D eigenvalue weighted by molar-refractivity contribution is 0.257. The fraction of sp³-hybridized carbons (Fsp3) is 0.571. The van der Waals surface area contributed by atoms with Crippen molar-refractivity contribution in [2.45, 2.75) is 41.0 Å². The normalized spacial score (nSPS) is 16.0. The van der Waals surface area contributed by atoms with Gasteiger partial charge in [-0.05, 0) is 24.5 Å². The third kappa shape index (κ3) is 4.37. The van der Waals surface area contributed by atoms with Gasteiger partial charge >= 0.3 is 0 Å². The molecule has 0 saturated heterocycles. The molecule has 0 N–H and O–H groups in total. The molecule has 0 spiro atoms. The number of hydrogen-bond donors (Lipinski definition) is 0. The summed E-state index contributed by atoms with van der Waals surface area (Å²) in [5.74, 6) is 1.57. The van der Waals surface area contributed by atoms with Crippen molar-refractivity contribution in [2.75, 3.05) is 6.61 Å². The van der Waals surface area contributed by atoms with Gasteiger partial charge in [0.1, 0.15) is 5.76 Å². The Morgan fingerprint density at radius 3 is 2.47 bits per heavy atom. The summed E-state index contributed by atoms with van der Waals surface area (Å²) < 4.78 is 5.41. The Labute approximate surface area is 94.5 Å². The van der Waals surface area contributed by atoms with Crippen molar-refractivity contribution >= 4 is 0 Å². The molecule has 1 heteroatoms. The van der Waals surface area contributed by atoms with E-state index in [9.17, 15) is 0 Å². The van der Waals surface area contributed by atoms with E-state index >= 15 is 0 Å². The van der Waals surface area contributed by atoms with Crippen molar-refractivity contribution in [1.82, 2.24) is 0 Å². The van der Waals surface area contributed by atoms with Crippen LogP contribution in [0.15, 0.2) is 35.6 Å². The van der Waals surface area contributed by atoms with Crippen LogP contribution in [0, 0.1) is 5.92 Å². The average Bonchev–Trinajstić information content (AvgIpc) is 2.68. The third-order valence-corrected chi connectivity index (χ3v) is 2.44. The van der Waals surface area contributed by atoms with Gasteiger partial charge in [-0.15, -0.1) is 0 Å². The highest BCUT2D eigenvalue weighted by Crippen LogP contribution is 2.23. The molecular weight excluding hydrogens is 184 g/mol. The van der Waals surface area contributed by atoms with Crippen molar-refractivity contribution in [3.05, 3.63) is 35.6 Å². The summed E-state index contributed by atoms with van der Waals surface area (Å²) in [6.45, 7) is 15.1. The monoisotopic (exact) mass is 208 g/mol. The molecular formula is C14H24O. The molecule has 1 heterocycles. The van der Waals surface area contributed by atoms with Gasteiger partial charge in [0.2, 0.25) is 0 Å². The summed E-state index contributed by atoms with van der Waals surface area (Å²) in [5.41, 5.74) is 2.70. The van der Waals surface area contributed by atoms with Gasteiger partial charge in [0.25, 0.3) is 0 Å². The van der Waals surface area contributed by atoms with E-state index in [2.05, 4.69) is 33.4 Å². The molecule has 0 aromatic carbocycles. The van der Waals surface area contributed by atoms with E-state index in [1.807, 2.05) is 13.8 Å². The molecule has 0 radical (unpaired) electrons. The fourth-order valence-electron chi connectivity index (χ4n) is 1.26. The van der Waals surface area contributed by atoms with Gasteiger partial charge in [0.15, 0.2) is 0 Å². The molecule has 15 heavy (non-hydrogen) atoms. The zero-order chi connectivity index (χ0) is 11.8. The second kappa shape index (κ2) is 7.33. The summed E-state index contributed by atoms with van der Waals surface area (Å²) in [6, 6.07) is 0. The molecule has 1 aliphatic heterocycles. The lowest BCUT2D eigenvalue weighted by Gasteiger charge is -2.04. The Balaban J connectivity index is 0.000000921. The second-order valence-electron chi connectivity index (χ2n) is 3.74. The number of rotatable bonds is 3. The van der Waals surface area contributed by atoms with Crippen LogP contribution in [0.2, 0.25) is 0 Å². The Hall–Kier alpha value is -0.980. The van der Waals surface area contributed by atoms with Crippen molar-refractivity contribution in [1.29, 1.82) is 0 Å². The van der Waals surface area contributed by atoms with Crippen LogP contribution in [0.4, 0.5) is 0 Å². The van der Waals surface area contributed by atoms with Crippen molar-refractivity contribution in [2.24, 2.45) is 5.92 Å². The molecule has 1 nitrogen and oxygen atoms in total. The lowest BCUT2D eigenvalue weighted by atomic mass is 10.0. The molecule has 0 aromatic heterocycles. The van der Waals surface area contributed by atoms with E-state index in [0.29, 0.717) is 5.92 Å². The first-order chi connectivity index (χ1) is 7.15. The van der Waals surface area contributed by atoms with Crippen molar-refractivity contribution in [3.63, 3.8) is 0 Å². The predicted molar refractivity (Wildman–Crippen MR) is 67.7 cm³/mol. The Morgan fingerprint density at radius 1 is 1.40 bits per heavy atom. The maximum absolute atomic E-state index is 5.41. The van der Waals surface area contributed by atoms with Gasteiger partial charge in [-0.1, -0.05) is 45.9 Å². The summed E-state index contributed by atoms with van der Waals surface area (Å²) >= 11 is 0. The first kappa shape index (κ1) is 14.0. The van der Waals surface area contributed by atoms with Gasteiger partial charge in [0, 0.05) is 6.42 Å². The highest BCUT2D eigenvalue weighted by Gasteiger charge is 2.11. The topological polar surface area (TPSA) is 9.23 Å². The Morgan fingerprint density at radius 2 is 2.00 bits per heavy atom. The second-order valence-corrected chi connectivity index (χ2v) is 3.74. The quantitative estimate of drug-likeness (QED) is 0.664. The molecule has 0 aromatic rings. The minimum absolute atomic E-state index is 0.610. The molecule has 1 rings (SSSR count). The van der Waals surface area contributed by atoms with E-state index in [-0.39, 0.29) is 0 Å². The molecule has 0 unspecified atom stereocenters. The highest BCUT2D eigenvalue weighted by atomic mass is 16.5. The van der Waals surface area contributed by atoms with Crippen LogP contribution in [0.1, 0.15) is 41.0 Å². The zero-order valence-corrected chi connectivity index (χ0v) is 10.8. The summed E-state index contributed by atoms with van der Waals surface area (Å²) in [4.78, 5) is 0. The predicted octanol–water partition coefficient (Wildman–Crippen LogP) is 4.48. The SMILES string of the molecule is C=CC1=C(/C=C(\C)C(C)C)CCO1.CC. The Bertz CT molecular complexity index is 257. The van der Waals surface area contributed by atoms with Gasteiger partial charge in [-0.3, -0.25) is 0 Å². The van der Waals surface area contributed by atoms with Crippen LogP contribution in [0.5, 0.6) is 0 Å². The van der Waals surface area contributed by atoms with E-state index < -0.39 is 0 Å². The number of hydrogen-bond acceptors (Lipinski definition) is 1. The zero-order valence-electron chi connectivity index (χ0n) is 10.8. The molecule has 0 bridgehead atoms. The molecule has 0 amide bonds. The van der Waals surface area contributed by atoms with Gasteiger partial charge in [-0.2, -0.15) is 0 Å². The average molecular weight is 208 g/mol. The van der Waals surface area contributed by atoms with Crippen LogP contribution in [-0.4, -0.2) is 6.61 Å². The fourth-order valence-corrected chi connectivity index (χ4v) is 1.26. The van der Waals surface area contributed by atoms with Crippen molar-refractivity contribution < 1.29 is 4.74 Å². The largest absolute Gasteiger partial charge is 0.493 e. The standard InChI is InChI=1S/C12H18O.C2H6/c1-5-12-11(6-7-13-12)8-10(4)9(2)3;1-2/h5,8-9H,1,6-7H2,2-4H3;1-2H3/b10-8+;. The van der Waals surface area contributed by atoms with E-state index in [4.69, 9.17) is 4.74 Å². The van der Waals surface area contributed by atoms with Crippen molar-refractivity contribution in [3.8, 4) is 0 Å². The highest BCUT2D eigenvalue weighted by molar-refractivity contribution is 5.33. The molecule has 0 aliphatic carbocycles. The minimum Gasteiger partial charge on any atom is -0.493 e. The van der Waals surface area contributed by atoms with Crippen LogP contribution >= 0.6 is 0 Å². The van der Waals surface area contributed by atoms with E-state index in [1.165, 1.54) is 11.1 Å². The summed E-state index contributed by atoms with van der Waals surface area (Å²) in [7, 11) is 0. The molecule has 0 fully saturated rings. The van der Waals surface area contributed by atoms with Gasteiger partial charge < -0.3 is 4.74 Å². The molecule has 0 saturated carbocycles. The number of ether oxygens (including phenoxy) is 1. The Kier molecular flexibility index (Phi) is 6.85. The van der Waals surface area contributed by atoms with Gasteiger partial charge in [-0.25, -0.2) is 0 Å². The summed E-state index contributed by atoms with van der Waals surface area (Å²) in [6.07, 6.45) is 5.05. The number of allylic oxidation sites excluding steroid dienone is 3. The lowest BCUT2D eigenvalue weighted by Crippen LogP contribution is -1.89. The van der Waals surface area contributed by atoms with E-state index in [1.54, 1.807) is 6.08 Å². The minimum atomic E-state index is 0.610. The third-order valence-electron chi connectivity index (χ3n) is 2.44. The van der Waals surface area contributed by atoms with Crippen LogP contribution in [0.3, 0.4) is 0 Å². The maximum atomic E-state index is 5.41. The summed E-state index contributed by atoms with van der Waals surface area (Å²) in [5, 5.41) is 0. The molecule has 0 atom stereocenters. The van der Waals surface area contributed by atoms with E-state index in [0.717, 1.165) is 18.8 Å². The maximum Gasteiger partial charge on any atom is 0.122 e.